The molecule has 3 heterocycles. The van der Waals surface area contributed by atoms with E-state index in [0.29, 0.717) is 6.54 Å². The SMILES string of the molecule is CCN1CCN(C(=O)C2=COCCC2)C[C@@H]1c1ncc[nH]1. The highest BCUT2D eigenvalue weighted by Gasteiger charge is 2.32. The van der Waals surface area contributed by atoms with Crippen LogP contribution in [0.1, 0.15) is 31.6 Å². The van der Waals surface area contributed by atoms with E-state index in [1.165, 1.54) is 0 Å². The topological polar surface area (TPSA) is 61.5 Å². The molecule has 0 aromatic carbocycles. The summed E-state index contributed by atoms with van der Waals surface area (Å²) in [7, 11) is 0. The molecule has 0 spiro atoms. The van der Waals surface area contributed by atoms with E-state index in [-0.39, 0.29) is 11.9 Å². The Balaban J connectivity index is 1.73. The van der Waals surface area contributed by atoms with Gasteiger partial charge in [0.2, 0.25) is 0 Å². The number of aromatic nitrogens is 2. The minimum atomic E-state index is 0.113. The lowest BCUT2D eigenvalue weighted by Gasteiger charge is -2.40. The van der Waals surface area contributed by atoms with E-state index in [4.69, 9.17) is 4.74 Å². The number of ether oxygens (including phenoxy) is 1. The summed E-state index contributed by atoms with van der Waals surface area (Å²) >= 11 is 0. The largest absolute Gasteiger partial charge is 0.501 e. The Bertz CT molecular complexity index is 512. The molecule has 2 aliphatic rings. The van der Waals surface area contributed by atoms with Gasteiger partial charge in [-0.3, -0.25) is 9.69 Å². The number of piperazine rings is 1. The van der Waals surface area contributed by atoms with Gasteiger partial charge in [-0.2, -0.15) is 0 Å². The van der Waals surface area contributed by atoms with Crippen LogP contribution in [0.4, 0.5) is 0 Å². The maximum absolute atomic E-state index is 12.6. The zero-order valence-corrected chi connectivity index (χ0v) is 12.4. The third-order valence-electron chi connectivity index (χ3n) is 4.23. The van der Waals surface area contributed by atoms with Crippen molar-refractivity contribution in [1.82, 2.24) is 19.8 Å². The summed E-state index contributed by atoms with van der Waals surface area (Å²) in [5.41, 5.74) is 0.796. The molecular formula is C15H22N4O2. The second kappa shape index (κ2) is 6.30. The minimum absolute atomic E-state index is 0.113. The molecule has 1 saturated heterocycles. The first-order valence-electron chi connectivity index (χ1n) is 7.63. The van der Waals surface area contributed by atoms with Crippen molar-refractivity contribution < 1.29 is 9.53 Å². The number of imidazole rings is 1. The monoisotopic (exact) mass is 290 g/mol. The summed E-state index contributed by atoms with van der Waals surface area (Å²) in [4.78, 5) is 24.4. The summed E-state index contributed by atoms with van der Waals surface area (Å²) in [5, 5.41) is 0. The molecule has 3 rings (SSSR count). The predicted octanol–water partition coefficient (Wildman–Crippen LogP) is 1.31. The van der Waals surface area contributed by atoms with Gasteiger partial charge in [0.25, 0.3) is 5.91 Å². The number of aromatic amines is 1. The molecule has 1 amide bonds. The summed E-state index contributed by atoms with van der Waals surface area (Å²) in [5.74, 6) is 1.05. The number of nitrogens with zero attached hydrogens (tertiary/aromatic N) is 3. The summed E-state index contributed by atoms with van der Waals surface area (Å²) < 4.78 is 5.30. The fourth-order valence-electron chi connectivity index (χ4n) is 3.03. The number of hydrogen-bond donors (Lipinski definition) is 1. The van der Waals surface area contributed by atoms with E-state index < -0.39 is 0 Å². The third kappa shape index (κ3) is 2.95. The van der Waals surface area contributed by atoms with E-state index >= 15 is 0 Å². The first kappa shape index (κ1) is 14.1. The van der Waals surface area contributed by atoms with E-state index in [1.807, 2.05) is 11.1 Å². The van der Waals surface area contributed by atoms with Crippen molar-refractivity contribution in [3.05, 3.63) is 30.1 Å². The van der Waals surface area contributed by atoms with Gasteiger partial charge in [-0.1, -0.05) is 6.92 Å². The lowest BCUT2D eigenvalue weighted by atomic mass is 10.1. The van der Waals surface area contributed by atoms with Crippen LogP contribution < -0.4 is 0 Å². The molecule has 0 aliphatic carbocycles. The first-order chi connectivity index (χ1) is 10.3. The van der Waals surface area contributed by atoms with Crippen LogP contribution in [0.2, 0.25) is 0 Å². The molecule has 1 N–H and O–H groups in total. The lowest BCUT2D eigenvalue weighted by Crippen LogP contribution is -2.51. The van der Waals surface area contributed by atoms with Crippen molar-refractivity contribution >= 4 is 5.91 Å². The molecule has 0 unspecified atom stereocenters. The zero-order valence-electron chi connectivity index (χ0n) is 12.4. The highest BCUT2D eigenvalue weighted by molar-refractivity contribution is 5.93. The van der Waals surface area contributed by atoms with E-state index in [0.717, 1.165) is 50.5 Å². The van der Waals surface area contributed by atoms with Crippen LogP contribution >= 0.6 is 0 Å². The second-order valence-corrected chi connectivity index (χ2v) is 5.49. The normalized spacial score (nSPS) is 23.6. The maximum atomic E-state index is 12.6. The van der Waals surface area contributed by atoms with Crippen LogP contribution in [0.3, 0.4) is 0 Å². The van der Waals surface area contributed by atoms with Crippen LogP contribution in [0.5, 0.6) is 0 Å². The molecule has 0 saturated carbocycles. The standard InChI is InChI=1S/C15H22N4O2/c1-2-18-7-8-19(10-13(18)14-16-5-6-17-14)15(20)12-4-3-9-21-11-12/h5-6,11,13H,2-4,7-10H2,1H3,(H,16,17)/t13-/m1/s1. The van der Waals surface area contributed by atoms with Gasteiger partial charge < -0.3 is 14.6 Å². The number of amides is 1. The summed E-state index contributed by atoms with van der Waals surface area (Å²) in [6.07, 6.45) is 6.98. The zero-order chi connectivity index (χ0) is 14.7. The van der Waals surface area contributed by atoms with Gasteiger partial charge in [-0.25, -0.2) is 4.98 Å². The van der Waals surface area contributed by atoms with Crippen LogP contribution in [0.15, 0.2) is 24.2 Å². The van der Waals surface area contributed by atoms with Crippen molar-refractivity contribution in [3.63, 3.8) is 0 Å². The Hall–Kier alpha value is -1.82. The maximum Gasteiger partial charge on any atom is 0.252 e. The molecule has 1 fully saturated rings. The molecule has 21 heavy (non-hydrogen) atoms. The molecule has 1 aromatic heterocycles. The summed E-state index contributed by atoms with van der Waals surface area (Å²) in [6.45, 7) is 6.14. The lowest BCUT2D eigenvalue weighted by molar-refractivity contribution is -0.130. The highest BCUT2D eigenvalue weighted by Crippen LogP contribution is 2.24. The number of likely N-dealkylation sites (N-methyl/N-ethyl adjacent to an activating group) is 1. The van der Waals surface area contributed by atoms with Gasteiger partial charge in [0.1, 0.15) is 5.82 Å². The van der Waals surface area contributed by atoms with Crippen LogP contribution in [-0.4, -0.2) is 58.5 Å². The Kier molecular flexibility index (Phi) is 4.24. The summed E-state index contributed by atoms with van der Waals surface area (Å²) in [6, 6.07) is 0.146. The molecule has 1 atom stereocenters. The third-order valence-corrected chi connectivity index (χ3v) is 4.23. The average Bonchev–Trinajstić information content (AvgIpc) is 3.08. The van der Waals surface area contributed by atoms with Gasteiger partial charge in [0.05, 0.1) is 24.5 Å². The van der Waals surface area contributed by atoms with Gasteiger partial charge in [0, 0.05) is 32.0 Å². The van der Waals surface area contributed by atoms with Crippen LogP contribution in [-0.2, 0) is 9.53 Å². The van der Waals surface area contributed by atoms with Gasteiger partial charge in [0.15, 0.2) is 0 Å². The smallest absolute Gasteiger partial charge is 0.252 e. The highest BCUT2D eigenvalue weighted by atomic mass is 16.5. The quantitative estimate of drug-likeness (QED) is 0.912. The van der Waals surface area contributed by atoms with E-state index in [1.54, 1.807) is 12.5 Å². The first-order valence-corrected chi connectivity index (χ1v) is 7.63. The fraction of sp³-hybridized carbons (Fsp3) is 0.600. The number of carbonyl (C=O) groups excluding carboxylic acids is 1. The number of rotatable bonds is 3. The van der Waals surface area contributed by atoms with Crippen molar-refractivity contribution in [2.45, 2.75) is 25.8 Å². The number of nitrogens with one attached hydrogen (secondary N) is 1. The molecule has 0 radical (unpaired) electrons. The van der Waals surface area contributed by atoms with Crippen molar-refractivity contribution in [1.29, 1.82) is 0 Å². The van der Waals surface area contributed by atoms with Gasteiger partial charge >= 0.3 is 0 Å². The van der Waals surface area contributed by atoms with Crippen molar-refractivity contribution in [2.24, 2.45) is 0 Å². The second-order valence-electron chi connectivity index (χ2n) is 5.49. The molecule has 2 aliphatic heterocycles. The van der Waals surface area contributed by atoms with Gasteiger partial charge in [-0.15, -0.1) is 0 Å². The Morgan fingerprint density at radius 3 is 3.10 bits per heavy atom. The number of hydrogen-bond acceptors (Lipinski definition) is 4. The van der Waals surface area contributed by atoms with Crippen LogP contribution in [0.25, 0.3) is 0 Å². The minimum Gasteiger partial charge on any atom is -0.501 e. The molecule has 114 valence electrons. The molecule has 1 aromatic rings. The van der Waals surface area contributed by atoms with E-state index in [2.05, 4.69) is 21.8 Å². The van der Waals surface area contributed by atoms with Crippen molar-refractivity contribution in [2.75, 3.05) is 32.8 Å². The Morgan fingerprint density at radius 1 is 1.52 bits per heavy atom. The molecule has 0 bridgehead atoms. The Labute approximate surface area is 124 Å². The molecular weight excluding hydrogens is 268 g/mol. The fourth-order valence-corrected chi connectivity index (χ4v) is 3.03. The predicted molar refractivity (Wildman–Crippen MR) is 78.4 cm³/mol. The van der Waals surface area contributed by atoms with Crippen molar-refractivity contribution in [3.8, 4) is 0 Å². The Morgan fingerprint density at radius 2 is 2.43 bits per heavy atom. The number of carbonyl (C=O) groups is 1. The van der Waals surface area contributed by atoms with E-state index in [9.17, 15) is 4.79 Å². The number of H-pyrrole nitrogens is 1. The molecule has 6 nitrogen and oxygen atoms in total. The average molecular weight is 290 g/mol. The van der Waals surface area contributed by atoms with Crippen LogP contribution in [0, 0.1) is 0 Å². The van der Waals surface area contributed by atoms with Gasteiger partial charge in [-0.05, 0) is 19.4 Å². The molecule has 6 heteroatoms.